The zero-order valence-electron chi connectivity index (χ0n) is 15.0. The Kier molecular flexibility index (Phi) is 4.86. The number of halogens is 1. The van der Waals surface area contributed by atoms with Crippen molar-refractivity contribution in [3.8, 4) is 0 Å². The molecule has 1 aliphatic rings. The predicted molar refractivity (Wildman–Crippen MR) is 101 cm³/mol. The standard InChI is InChI=1S/C19H19FN4O3S/c20-16-7-4-8-17(13-16)28(26,27)22-10-9-18-21-24(19(25)23(18)12-11-22)14-15-5-2-1-3-6-15/h1-8,13H,9-12,14H2. The molecule has 2 heterocycles. The first-order valence-electron chi connectivity index (χ1n) is 8.91. The molecule has 7 nitrogen and oxygen atoms in total. The Bertz CT molecular complexity index is 1160. The van der Waals surface area contributed by atoms with Crippen LogP contribution in [0.1, 0.15) is 11.4 Å². The quantitative estimate of drug-likeness (QED) is 0.662. The maximum Gasteiger partial charge on any atom is 0.346 e. The van der Waals surface area contributed by atoms with Gasteiger partial charge in [-0.3, -0.25) is 4.57 Å². The number of sulfonamides is 1. The van der Waals surface area contributed by atoms with Crippen molar-refractivity contribution >= 4 is 10.0 Å². The van der Waals surface area contributed by atoms with E-state index in [1.807, 2.05) is 30.3 Å². The number of nitrogens with zero attached hydrogens (tertiary/aromatic N) is 4. The third-order valence-corrected chi connectivity index (χ3v) is 6.66. The van der Waals surface area contributed by atoms with E-state index in [9.17, 15) is 17.6 Å². The summed E-state index contributed by atoms with van der Waals surface area (Å²) in [6.45, 7) is 0.881. The largest absolute Gasteiger partial charge is 0.346 e. The van der Waals surface area contributed by atoms with Crippen molar-refractivity contribution in [2.75, 3.05) is 13.1 Å². The molecule has 0 radical (unpaired) electrons. The summed E-state index contributed by atoms with van der Waals surface area (Å²) < 4.78 is 43.3. The lowest BCUT2D eigenvalue weighted by molar-refractivity contribution is 0.410. The highest BCUT2D eigenvalue weighted by molar-refractivity contribution is 7.89. The molecule has 2 aromatic carbocycles. The van der Waals surface area contributed by atoms with Crippen molar-refractivity contribution in [3.05, 3.63) is 82.3 Å². The lowest BCUT2D eigenvalue weighted by Crippen LogP contribution is -2.35. The van der Waals surface area contributed by atoms with Crippen LogP contribution in [0.25, 0.3) is 0 Å². The smallest absolute Gasteiger partial charge is 0.278 e. The molecule has 0 bridgehead atoms. The summed E-state index contributed by atoms with van der Waals surface area (Å²) in [5.41, 5.74) is 0.706. The molecular formula is C19H19FN4O3S. The fraction of sp³-hybridized carbons (Fsp3) is 0.263. The Morgan fingerprint density at radius 2 is 1.79 bits per heavy atom. The Labute approximate surface area is 161 Å². The van der Waals surface area contributed by atoms with Gasteiger partial charge in [0.25, 0.3) is 0 Å². The molecule has 0 fully saturated rings. The van der Waals surface area contributed by atoms with Crippen LogP contribution in [-0.2, 0) is 29.5 Å². The molecule has 0 aliphatic carbocycles. The van der Waals surface area contributed by atoms with Gasteiger partial charge in [0.1, 0.15) is 11.6 Å². The summed E-state index contributed by atoms with van der Waals surface area (Å²) >= 11 is 0. The molecular weight excluding hydrogens is 383 g/mol. The summed E-state index contributed by atoms with van der Waals surface area (Å²) in [6, 6.07) is 14.5. The third kappa shape index (κ3) is 3.50. The maximum absolute atomic E-state index is 13.4. The van der Waals surface area contributed by atoms with Gasteiger partial charge in [-0.25, -0.2) is 22.3 Å². The Hall–Kier alpha value is -2.78. The van der Waals surface area contributed by atoms with Crippen molar-refractivity contribution in [2.24, 2.45) is 0 Å². The SMILES string of the molecule is O=c1n(Cc2ccccc2)nc2n1CCN(S(=O)(=O)c1cccc(F)c1)CC2. The molecule has 1 aromatic heterocycles. The van der Waals surface area contributed by atoms with Crippen LogP contribution in [0.15, 0.2) is 64.3 Å². The number of hydrogen-bond donors (Lipinski definition) is 0. The van der Waals surface area contributed by atoms with Gasteiger partial charge in [-0.2, -0.15) is 9.40 Å². The number of fused-ring (bicyclic) bond motifs is 1. The third-order valence-electron chi connectivity index (χ3n) is 4.77. The molecule has 1 aliphatic heterocycles. The molecule has 0 unspecified atom stereocenters. The molecule has 28 heavy (non-hydrogen) atoms. The van der Waals surface area contributed by atoms with E-state index in [1.54, 1.807) is 0 Å². The average molecular weight is 402 g/mol. The fourth-order valence-electron chi connectivity index (χ4n) is 3.32. The number of benzene rings is 2. The van der Waals surface area contributed by atoms with Gasteiger partial charge in [-0.15, -0.1) is 0 Å². The lowest BCUT2D eigenvalue weighted by Gasteiger charge is -2.19. The van der Waals surface area contributed by atoms with Crippen molar-refractivity contribution < 1.29 is 12.8 Å². The van der Waals surface area contributed by atoms with Gasteiger partial charge >= 0.3 is 5.69 Å². The van der Waals surface area contributed by atoms with Crippen LogP contribution in [0.5, 0.6) is 0 Å². The van der Waals surface area contributed by atoms with E-state index in [1.165, 1.54) is 31.8 Å². The Morgan fingerprint density at radius 1 is 1.00 bits per heavy atom. The van der Waals surface area contributed by atoms with E-state index in [-0.39, 0.29) is 30.2 Å². The lowest BCUT2D eigenvalue weighted by atomic mass is 10.2. The van der Waals surface area contributed by atoms with Crippen molar-refractivity contribution in [1.29, 1.82) is 0 Å². The van der Waals surface area contributed by atoms with Gasteiger partial charge in [-0.05, 0) is 23.8 Å². The fourth-order valence-corrected chi connectivity index (χ4v) is 4.78. The van der Waals surface area contributed by atoms with Gasteiger partial charge in [0.05, 0.1) is 11.4 Å². The highest BCUT2D eigenvalue weighted by atomic mass is 32.2. The molecule has 0 atom stereocenters. The minimum Gasteiger partial charge on any atom is -0.278 e. The number of rotatable bonds is 4. The van der Waals surface area contributed by atoms with Crippen molar-refractivity contribution in [1.82, 2.24) is 18.7 Å². The van der Waals surface area contributed by atoms with Crippen molar-refractivity contribution in [3.63, 3.8) is 0 Å². The minimum absolute atomic E-state index is 0.0893. The molecule has 0 saturated heterocycles. The van der Waals surface area contributed by atoms with Gasteiger partial charge in [0.15, 0.2) is 0 Å². The van der Waals surface area contributed by atoms with Crippen LogP contribution in [0.2, 0.25) is 0 Å². The first-order valence-corrected chi connectivity index (χ1v) is 10.4. The van der Waals surface area contributed by atoms with E-state index in [0.29, 0.717) is 18.8 Å². The van der Waals surface area contributed by atoms with Gasteiger partial charge in [-0.1, -0.05) is 36.4 Å². The van der Waals surface area contributed by atoms with Crippen LogP contribution in [0, 0.1) is 5.82 Å². The topological polar surface area (TPSA) is 77.2 Å². The zero-order chi connectivity index (χ0) is 19.7. The molecule has 3 aromatic rings. The van der Waals surface area contributed by atoms with E-state index >= 15 is 0 Å². The summed E-state index contributed by atoms with van der Waals surface area (Å²) in [5.74, 6) is -0.0505. The summed E-state index contributed by atoms with van der Waals surface area (Å²) in [4.78, 5) is 12.6. The van der Waals surface area contributed by atoms with Crippen LogP contribution < -0.4 is 5.69 Å². The molecule has 0 amide bonds. The van der Waals surface area contributed by atoms with E-state index in [4.69, 9.17) is 0 Å². The monoisotopic (exact) mass is 402 g/mol. The highest BCUT2D eigenvalue weighted by Crippen LogP contribution is 2.18. The van der Waals surface area contributed by atoms with Gasteiger partial charge < -0.3 is 0 Å². The second kappa shape index (κ2) is 7.33. The first kappa shape index (κ1) is 18.6. The van der Waals surface area contributed by atoms with Crippen LogP contribution in [0.3, 0.4) is 0 Å². The van der Waals surface area contributed by atoms with Gasteiger partial charge in [0, 0.05) is 26.1 Å². The molecule has 9 heteroatoms. The molecule has 0 N–H and O–H groups in total. The molecule has 146 valence electrons. The average Bonchev–Trinajstić information content (AvgIpc) is 2.85. The molecule has 0 spiro atoms. The second-order valence-electron chi connectivity index (χ2n) is 6.61. The minimum atomic E-state index is -3.83. The molecule has 4 rings (SSSR count). The summed E-state index contributed by atoms with van der Waals surface area (Å²) in [5, 5.41) is 4.39. The second-order valence-corrected chi connectivity index (χ2v) is 8.54. The van der Waals surface area contributed by atoms with Crippen molar-refractivity contribution in [2.45, 2.75) is 24.4 Å². The van der Waals surface area contributed by atoms with Crippen LogP contribution in [-0.4, -0.2) is 40.2 Å². The zero-order valence-corrected chi connectivity index (χ0v) is 15.8. The Morgan fingerprint density at radius 3 is 2.54 bits per heavy atom. The van der Waals surface area contributed by atoms with E-state index in [2.05, 4.69) is 5.10 Å². The first-order chi connectivity index (χ1) is 13.4. The number of hydrogen-bond acceptors (Lipinski definition) is 4. The van der Waals surface area contributed by atoms with Crippen LogP contribution in [0.4, 0.5) is 4.39 Å². The summed E-state index contributed by atoms with van der Waals surface area (Å²) in [6.07, 6.45) is 0.311. The number of aromatic nitrogens is 3. The van der Waals surface area contributed by atoms with E-state index in [0.717, 1.165) is 11.6 Å². The highest BCUT2D eigenvalue weighted by Gasteiger charge is 2.28. The predicted octanol–water partition coefficient (Wildman–Crippen LogP) is 1.48. The normalized spacial score (nSPS) is 15.2. The van der Waals surface area contributed by atoms with Gasteiger partial charge in [0.2, 0.25) is 10.0 Å². The molecule has 0 saturated carbocycles. The Balaban J connectivity index is 1.56. The van der Waals surface area contributed by atoms with E-state index < -0.39 is 15.8 Å². The maximum atomic E-state index is 13.4. The summed E-state index contributed by atoms with van der Waals surface area (Å²) in [7, 11) is -3.83. The van der Waals surface area contributed by atoms with Crippen LogP contribution >= 0.6 is 0 Å².